The fourth-order valence-corrected chi connectivity index (χ4v) is 2.77. The standard InChI is InChI=1S/C18H27N3O3/c1-3-23-17(22)15-9-12-21(13-10-15)18(19-2)20-11-14-24-16-7-5-4-6-8-16/h4-8,15H,3,9-14H2,1-2H3,(H,19,20). The predicted molar refractivity (Wildman–Crippen MR) is 94.2 cm³/mol. The van der Waals surface area contributed by atoms with E-state index in [-0.39, 0.29) is 11.9 Å². The quantitative estimate of drug-likeness (QED) is 0.373. The highest BCUT2D eigenvalue weighted by atomic mass is 16.5. The first-order valence-electron chi connectivity index (χ1n) is 8.54. The number of esters is 1. The van der Waals surface area contributed by atoms with Crippen LogP contribution in [0, 0.1) is 5.92 Å². The number of carbonyl (C=O) groups is 1. The molecule has 1 N–H and O–H groups in total. The van der Waals surface area contributed by atoms with Gasteiger partial charge in [-0.05, 0) is 31.9 Å². The van der Waals surface area contributed by atoms with Crippen LogP contribution >= 0.6 is 0 Å². The van der Waals surface area contributed by atoms with Gasteiger partial charge in [0.1, 0.15) is 12.4 Å². The lowest BCUT2D eigenvalue weighted by atomic mass is 9.97. The molecule has 0 aliphatic carbocycles. The molecule has 0 spiro atoms. The van der Waals surface area contributed by atoms with Crippen LogP contribution in [0.2, 0.25) is 0 Å². The maximum atomic E-state index is 11.8. The van der Waals surface area contributed by atoms with Gasteiger partial charge in [0.05, 0.1) is 19.1 Å². The van der Waals surface area contributed by atoms with Gasteiger partial charge in [0, 0.05) is 20.1 Å². The Morgan fingerprint density at radius 1 is 1.29 bits per heavy atom. The normalized spacial score (nSPS) is 15.9. The molecule has 24 heavy (non-hydrogen) atoms. The number of nitrogens with one attached hydrogen (secondary N) is 1. The maximum absolute atomic E-state index is 11.8. The van der Waals surface area contributed by atoms with Gasteiger partial charge in [-0.3, -0.25) is 9.79 Å². The van der Waals surface area contributed by atoms with Gasteiger partial charge in [-0.25, -0.2) is 0 Å². The lowest BCUT2D eigenvalue weighted by molar-refractivity contribution is -0.149. The zero-order valence-electron chi connectivity index (χ0n) is 14.5. The smallest absolute Gasteiger partial charge is 0.309 e. The summed E-state index contributed by atoms with van der Waals surface area (Å²) < 4.78 is 10.8. The number of piperidine rings is 1. The van der Waals surface area contributed by atoms with Crippen LogP contribution in [-0.4, -0.2) is 56.7 Å². The van der Waals surface area contributed by atoms with Crippen molar-refractivity contribution in [1.82, 2.24) is 10.2 Å². The molecule has 1 saturated heterocycles. The SMILES string of the molecule is CCOC(=O)C1CCN(C(=NC)NCCOc2ccccc2)CC1. The lowest BCUT2D eigenvalue weighted by Crippen LogP contribution is -2.47. The molecule has 0 atom stereocenters. The van der Waals surface area contributed by atoms with Crippen molar-refractivity contribution >= 4 is 11.9 Å². The summed E-state index contributed by atoms with van der Waals surface area (Å²) in [7, 11) is 1.78. The molecule has 1 fully saturated rings. The molecular formula is C18H27N3O3. The van der Waals surface area contributed by atoms with E-state index >= 15 is 0 Å². The Morgan fingerprint density at radius 3 is 2.62 bits per heavy atom. The van der Waals surface area contributed by atoms with E-state index in [0.717, 1.165) is 37.6 Å². The summed E-state index contributed by atoms with van der Waals surface area (Å²) >= 11 is 0. The number of rotatable bonds is 6. The summed E-state index contributed by atoms with van der Waals surface area (Å²) in [4.78, 5) is 18.3. The van der Waals surface area contributed by atoms with Crippen LogP contribution in [0.4, 0.5) is 0 Å². The molecule has 1 aliphatic rings. The molecule has 1 heterocycles. The Labute approximate surface area is 143 Å². The van der Waals surface area contributed by atoms with Gasteiger partial charge in [0.15, 0.2) is 5.96 Å². The van der Waals surface area contributed by atoms with Gasteiger partial charge in [-0.2, -0.15) is 0 Å². The highest BCUT2D eigenvalue weighted by Crippen LogP contribution is 2.18. The molecule has 0 bridgehead atoms. The molecule has 6 nitrogen and oxygen atoms in total. The van der Waals surface area contributed by atoms with E-state index < -0.39 is 0 Å². The monoisotopic (exact) mass is 333 g/mol. The van der Waals surface area contributed by atoms with Gasteiger partial charge >= 0.3 is 5.97 Å². The van der Waals surface area contributed by atoms with Crippen molar-refractivity contribution in [2.75, 3.05) is 39.9 Å². The number of ether oxygens (including phenoxy) is 2. The zero-order valence-corrected chi connectivity index (χ0v) is 14.5. The molecule has 1 aromatic rings. The van der Waals surface area contributed by atoms with Crippen molar-refractivity contribution < 1.29 is 14.3 Å². The Kier molecular flexibility index (Phi) is 7.39. The number of likely N-dealkylation sites (tertiary alicyclic amines) is 1. The number of aliphatic imine (C=N–C) groups is 1. The van der Waals surface area contributed by atoms with Crippen molar-refractivity contribution in [2.45, 2.75) is 19.8 Å². The summed E-state index contributed by atoms with van der Waals surface area (Å²) in [6.45, 7) is 5.16. The third-order valence-corrected chi connectivity index (χ3v) is 4.02. The molecule has 0 unspecified atom stereocenters. The summed E-state index contributed by atoms with van der Waals surface area (Å²) in [6.07, 6.45) is 1.61. The Hall–Kier alpha value is -2.24. The zero-order chi connectivity index (χ0) is 17.2. The van der Waals surface area contributed by atoms with E-state index in [2.05, 4.69) is 15.2 Å². The molecule has 0 aromatic heterocycles. The minimum absolute atomic E-state index is 0.0146. The Bertz CT molecular complexity index is 526. The number of hydrogen-bond donors (Lipinski definition) is 1. The van der Waals surface area contributed by atoms with Crippen LogP contribution < -0.4 is 10.1 Å². The number of carbonyl (C=O) groups excluding carboxylic acids is 1. The second-order valence-corrected chi connectivity index (χ2v) is 5.65. The lowest BCUT2D eigenvalue weighted by Gasteiger charge is -2.33. The molecule has 0 amide bonds. The van der Waals surface area contributed by atoms with Crippen LogP contribution in [0.5, 0.6) is 5.75 Å². The van der Waals surface area contributed by atoms with E-state index in [9.17, 15) is 4.79 Å². The van der Waals surface area contributed by atoms with Crippen molar-refractivity contribution in [3.05, 3.63) is 30.3 Å². The first-order chi connectivity index (χ1) is 11.7. The molecular weight excluding hydrogens is 306 g/mol. The largest absolute Gasteiger partial charge is 0.492 e. The Morgan fingerprint density at radius 2 is 2.00 bits per heavy atom. The number of benzene rings is 1. The van der Waals surface area contributed by atoms with Crippen molar-refractivity contribution in [2.24, 2.45) is 10.9 Å². The van der Waals surface area contributed by atoms with Gasteiger partial charge in [-0.15, -0.1) is 0 Å². The molecule has 0 radical (unpaired) electrons. The molecule has 0 saturated carbocycles. The fourth-order valence-electron chi connectivity index (χ4n) is 2.77. The van der Waals surface area contributed by atoms with Gasteiger partial charge < -0.3 is 19.7 Å². The van der Waals surface area contributed by atoms with Crippen LogP contribution in [0.1, 0.15) is 19.8 Å². The number of para-hydroxylation sites is 1. The number of guanidine groups is 1. The van der Waals surface area contributed by atoms with E-state index in [1.807, 2.05) is 37.3 Å². The van der Waals surface area contributed by atoms with Crippen LogP contribution in [-0.2, 0) is 9.53 Å². The third-order valence-electron chi connectivity index (χ3n) is 4.02. The third kappa shape index (κ3) is 5.44. The molecule has 1 aliphatic heterocycles. The summed E-state index contributed by atoms with van der Waals surface area (Å²) in [5, 5.41) is 3.31. The topological polar surface area (TPSA) is 63.2 Å². The van der Waals surface area contributed by atoms with Crippen LogP contribution in [0.3, 0.4) is 0 Å². The Balaban J connectivity index is 1.70. The highest BCUT2D eigenvalue weighted by Gasteiger charge is 2.27. The van der Waals surface area contributed by atoms with Crippen LogP contribution in [0.25, 0.3) is 0 Å². The van der Waals surface area contributed by atoms with Gasteiger partial charge in [0.25, 0.3) is 0 Å². The summed E-state index contributed by atoms with van der Waals surface area (Å²) in [5.74, 6) is 1.66. The molecule has 2 rings (SSSR count). The minimum Gasteiger partial charge on any atom is -0.492 e. The summed E-state index contributed by atoms with van der Waals surface area (Å²) in [5.41, 5.74) is 0. The van der Waals surface area contributed by atoms with Crippen LogP contribution in [0.15, 0.2) is 35.3 Å². The first kappa shape index (κ1) is 18.1. The van der Waals surface area contributed by atoms with E-state index in [1.165, 1.54) is 0 Å². The second kappa shape index (κ2) is 9.80. The number of hydrogen-bond acceptors (Lipinski definition) is 4. The molecule has 6 heteroatoms. The highest BCUT2D eigenvalue weighted by molar-refractivity contribution is 5.80. The summed E-state index contributed by atoms with van der Waals surface area (Å²) in [6, 6.07) is 9.75. The first-order valence-corrected chi connectivity index (χ1v) is 8.54. The maximum Gasteiger partial charge on any atom is 0.309 e. The van der Waals surface area contributed by atoms with E-state index in [1.54, 1.807) is 7.05 Å². The van der Waals surface area contributed by atoms with Gasteiger partial charge in [0.2, 0.25) is 0 Å². The van der Waals surface area contributed by atoms with Crippen molar-refractivity contribution in [3.8, 4) is 5.75 Å². The van der Waals surface area contributed by atoms with Crippen molar-refractivity contribution in [1.29, 1.82) is 0 Å². The van der Waals surface area contributed by atoms with E-state index in [4.69, 9.17) is 9.47 Å². The van der Waals surface area contributed by atoms with E-state index in [0.29, 0.717) is 19.8 Å². The fraction of sp³-hybridized carbons (Fsp3) is 0.556. The molecule has 132 valence electrons. The average Bonchev–Trinajstić information content (AvgIpc) is 2.63. The second-order valence-electron chi connectivity index (χ2n) is 5.65. The number of nitrogens with zero attached hydrogens (tertiary/aromatic N) is 2. The predicted octanol–water partition coefficient (Wildman–Crippen LogP) is 1.92. The minimum atomic E-state index is -0.0728. The van der Waals surface area contributed by atoms with Crippen molar-refractivity contribution in [3.63, 3.8) is 0 Å². The average molecular weight is 333 g/mol. The molecule has 1 aromatic carbocycles. The van der Waals surface area contributed by atoms with Gasteiger partial charge in [-0.1, -0.05) is 18.2 Å².